The normalized spacial score (nSPS) is 11.2. The Balaban J connectivity index is 1.73. The van der Waals surface area contributed by atoms with Crippen LogP contribution in [0.5, 0.6) is 0 Å². The van der Waals surface area contributed by atoms with Gasteiger partial charge in [-0.3, -0.25) is 9.97 Å². The van der Waals surface area contributed by atoms with Gasteiger partial charge in [0, 0.05) is 34.3 Å². The van der Waals surface area contributed by atoms with Crippen molar-refractivity contribution in [2.75, 3.05) is 0 Å². The predicted molar refractivity (Wildman–Crippen MR) is 100 cm³/mol. The molecule has 3 heteroatoms. The SMILES string of the molecule is c1ccc(-c2ccc3oc4ccc(-c5ccccn5)cc4c3c2)nc1. The lowest BCUT2D eigenvalue weighted by atomic mass is 10.0. The van der Waals surface area contributed by atoms with Crippen molar-refractivity contribution >= 4 is 21.9 Å². The molecule has 25 heavy (non-hydrogen) atoms. The second-order valence-electron chi connectivity index (χ2n) is 5.95. The van der Waals surface area contributed by atoms with Crippen LogP contribution < -0.4 is 0 Å². The molecule has 0 saturated carbocycles. The van der Waals surface area contributed by atoms with Gasteiger partial charge in [0.2, 0.25) is 0 Å². The van der Waals surface area contributed by atoms with Crippen LogP contribution in [0.25, 0.3) is 44.5 Å². The third-order valence-corrected chi connectivity index (χ3v) is 4.39. The summed E-state index contributed by atoms with van der Waals surface area (Å²) in [5, 5.41) is 2.19. The van der Waals surface area contributed by atoms with E-state index in [1.807, 2.05) is 73.1 Å². The summed E-state index contributed by atoms with van der Waals surface area (Å²) in [6.45, 7) is 0. The monoisotopic (exact) mass is 322 g/mol. The minimum absolute atomic E-state index is 0.882. The van der Waals surface area contributed by atoms with Gasteiger partial charge in [-0.15, -0.1) is 0 Å². The molecule has 3 nitrogen and oxygen atoms in total. The van der Waals surface area contributed by atoms with Gasteiger partial charge in [-0.05, 0) is 60.7 Å². The number of pyridine rings is 2. The first kappa shape index (κ1) is 13.9. The Labute approximate surface area is 144 Å². The molecule has 0 atom stereocenters. The fourth-order valence-corrected chi connectivity index (χ4v) is 3.16. The van der Waals surface area contributed by atoms with Gasteiger partial charge in [0.05, 0.1) is 11.4 Å². The molecule has 5 rings (SSSR count). The van der Waals surface area contributed by atoms with Crippen molar-refractivity contribution in [2.24, 2.45) is 0 Å². The van der Waals surface area contributed by atoms with Crippen LogP contribution >= 0.6 is 0 Å². The molecule has 0 aliphatic rings. The Kier molecular flexibility index (Phi) is 3.10. The third kappa shape index (κ3) is 2.37. The van der Waals surface area contributed by atoms with Gasteiger partial charge in [0.1, 0.15) is 11.2 Å². The van der Waals surface area contributed by atoms with Gasteiger partial charge in [-0.1, -0.05) is 12.1 Å². The molecule has 118 valence electrons. The molecule has 3 heterocycles. The van der Waals surface area contributed by atoms with Crippen molar-refractivity contribution in [1.29, 1.82) is 0 Å². The maximum absolute atomic E-state index is 5.99. The number of fused-ring (bicyclic) bond motifs is 3. The molecule has 0 unspecified atom stereocenters. The van der Waals surface area contributed by atoms with Crippen molar-refractivity contribution in [3.63, 3.8) is 0 Å². The number of benzene rings is 2. The Bertz CT molecular complexity index is 1080. The van der Waals surface area contributed by atoms with E-state index in [-0.39, 0.29) is 0 Å². The summed E-state index contributed by atoms with van der Waals surface area (Å²) in [5.74, 6) is 0. The summed E-state index contributed by atoms with van der Waals surface area (Å²) in [7, 11) is 0. The summed E-state index contributed by atoms with van der Waals surface area (Å²) < 4.78 is 5.99. The summed E-state index contributed by atoms with van der Waals surface area (Å²) >= 11 is 0. The summed E-state index contributed by atoms with van der Waals surface area (Å²) in [4.78, 5) is 8.89. The first-order valence-electron chi connectivity index (χ1n) is 8.18. The molecule has 0 bridgehead atoms. The van der Waals surface area contributed by atoms with E-state index in [0.717, 1.165) is 44.5 Å². The zero-order chi connectivity index (χ0) is 16.6. The van der Waals surface area contributed by atoms with Crippen LogP contribution in [0, 0.1) is 0 Å². The second-order valence-corrected chi connectivity index (χ2v) is 5.95. The zero-order valence-electron chi connectivity index (χ0n) is 13.4. The molecule has 3 aromatic heterocycles. The number of hydrogen-bond donors (Lipinski definition) is 0. The van der Waals surface area contributed by atoms with Crippen LogP contribution in [0.4, 0.5) is 0 Å². The smallest absolute Gasteiger partial charge is 0.135 e. The van der Waals surface area contributed by atoms with Crippen LogP contribution in [0.15, 0.2) is 89.6 Å². The largest absolute Gasteiger partial charge is 0.456 e. The van der Waals surface area contributed by atoms with E-state index >= 15 is 0 Å². The van der Waals surface area contributed by atoms with E-state index < -0.39 is 0 Å². The van der Waals surface area contributed by atoms with Crippen molar-refractivity contribution in [2.45, 2.75) is 0 Å². The number of hydrogen-bond acceptors (Lipinski definition) is 3. The van der Waals surface area contributed by atoms with Gasteiger partial charge >= 0.3 is 0 Å². The van der Waals surface area contributed by atoms with Gasteiger partial charge in [-0.25, -0.2) is 0 Å². The maximum atomic E-state index is 5.99. The van der Waals surface area contributed by atoms with Crippen LogP contribution in [0.2, 0.25) is 0 Å². The molecular formula is C22H14N2O. The van der Waals surface area contributed by atoms with E-state index in [4.69, 9.17) is 4.42 Å². The van der Waals surface area contributed by atoms with E-state index in [1.54, 1.807) is 0 Å². The lowest BCUT2D eigenvalue weighted by Crippen LogP contribution is -1.82. The maximum Gasteiger partial charge on any atom is 0.135 e. The van der Waals surface area contributed by atoms with E-state index in [2.05, 4.69) is 22.1 Å². The molecule has 0 radical (unpaired) electrons. The van der Waals surface area contributed by atoms with E-state index in [0.29, 0.717) is 0 Å². The quantitative estimate of drug-likeness (QED) is 0.418. The second kappa shape index (κ2) is 5.56. The first-order chi connectivity index (χ1) is 12.4. The highest BCUT2D eigenvalue weighted by molar-refractivity contribution is 6.07. The highest BCUT2D eigenvalue weighted by atomic mass is 16.3. The molecule has 5 aromatic rings. The molecule has 0 aliphatic carbocycles. The number of nitrogens with zero attached hydrogens (tertiary/aromatic N) is 2. The number of rotatable bonds is 2. The Morgan fingerprint density at radius 1 is 0.560 bits per heavy atom. The zero-order valence-corrected chi connectivity index (χ0v) is 13.4. The Morgan fingerprint density at radius 2 is 1.08 bits per heavy atom. The van der Waals surface area contributed by atoms with Gasteiger partial charge < -0.3 is 4.42 Å². The Morgan fingerprint density at radius 3 is 1.52 bits per heavy atom. The first-order valence-corrected chi connectivity index (χ1v) is 8.18. The number of furan rings is 1. The molecule has 0 N–H and O–H groups in total. The van der Waals surface area contributed by atoms with Crippen molar-refractivity contribution in [1.82, 2.24) is 9.97 Å². The van der Waals surface area contributed by atoms with Gasteiger partial charge in [-0.2, -0.15) is 0 Å². The lowest BCUT2D eigenvalue weighted by Gasteiger charge is -2.01. The van der Waals surface area contributed by atoms with Gasteiger partial charge in [0.25, 0.3) is 0 Å². The average Bonchev–Trinajstić information content (AvgIpc) is 3.06. The van der Waals surface area contributed by atoms with Crippen LogP contribution in [0.3, 0.4) is 0 Å². The summed E-state index contributed by atoms with van der Waals surface area (Å²) in [6.07, 6.45) is 3.62. The minimum Gasteiger partial charge on any atom is -0.456 e. The number of aromatic nitrogens is 2. The molecule has 0 saturated heterocycles. The van der Waals surface area contributed by atoms with Crippen LogP contribution in [-0.2, 0) is 0 Å². The predicted octanol–water partition coefficient (Wildman–Crippen LogP) is 5.71. The topological polar surface area (TPSA) is 38.9 Å². The highest BCUT2D eigenvalue weighted by Gasteiger charge is 2.10. The van der Waals surface area contributed by atoms with Crippen molar-refractivity contribution in [3.05, 3.63) is 85.2 Å². The minimum atomic E-state index is 0.882. The van der Waals surface area contributed by atoms with E-state index in [1.165, 1.54) is 0 Å². The fourth-order valence-electron chi connectivity index (χ4n) is 3.16. The highest BCUT2D eigenvalue weighted by Crippen LogP contribution is 2.34. The molecule has 0 fully saturated rings. The average molecular weight is 322 g/mol. The lowest BCUT2D eigenvalue weighted by molar-refractivity contribution is 0.669. The molecule has 0 amide bonds. The fraction of sp³-hybridized carbons (Fsp3) is 0. The molecular weight excluding hydrogens is 308 g/mol. The molecule has 2 aromatic carbocycles. The van der Waals surface area contributed by atoms with Crippen LogP contribution in [0.1, 0.15) is 0 Å². The van der Waals surface area contributed by atoms with Crippen molar-refractivity contribution < 1.29 is 4.42 Å². The van der Waals surface area contributed by atoms with E-state index in [9.17, 15) is 0 Å². The molecule has 0 spiro atoms. The Hall–Kier alpha value is -3.46. The standard InChI is InChI=1S/C22H14N2O/c1-3-11-23-19(5-1)15-7-9-21-17(13-15)18-14-16(8-10-22(18)25-21)20-6-2-4-12-24-20/h1-14H. The van der Waals surface area contributed by atoms with Gasteiger partial charge in [0.15, 0.2) is 0 Å². The van der Waals surface area contributed by atoms with Crippen molar-refractivity contribution in [3.8, 4) is 22.5 Å². The third-order valence-electron chi connectivity index (χ3n) is 4.39. The molecule has 0 aliphatic heterocycles. The summed E-state index contributed by atoms with van der Waals surface area (Å²) in [6, 6.07) is 24.3. The van der Waals surface area contributed by atoms with Crippen LogP contribution in [-0.4, -0.2) is 9.97 Å². The summed E-state index contributed by atoms with van der Waals surface area (Å²) in [5.41, 5.74) is 5.85.